The van der Waals surface area contributed by atoms with Crippen LogP contribution in [0.1, 0.15) is 19.4 Å². The van der Waals surface area contributed by atoms with Crippen LogP contribution in [-0.4, -0.2) is 24.6 Å². The summed E-state index contributed by atoms with van der Waals surface area (Å²) in [5.41, 5.74) is 1.36. The van der Waals surface area contributed by atoms with Gasteiger partial charge in [-0.25, -0.2) is 8.70 Å². The van der Waals surface area contributed by atoms with Crippen molar-refractivity contribution in [1.29, 1.82) is 0 Å². The van der Waals surface area contributed by atoms with E-state index in [2.05, 4.69) is 38.1 Å². The van der Waals surface area contributed by atoms with Crippen molar-refractivity contribution < 1.29 is 4.39 Å². The van der Waals surface area contributed by atoms with E-state index >= 15 is 0 Å². The number of rotatable bonds is 6. The Hall–Kier alpha value is -0.540. The Bertz CT molecular complexity index is 315. The van der Waals surface area contributed by atoms with Gasteiger partial charge < -0.3 is 0 Å². The number of hydrogen-bond acceptors (Lipinski definition) is 2. The molecule has 1 aromatic rings. The highest BCUT2D eigenvalue weighted by Gasteiger charge is 2.03. The van der Waals surface area contributed by atoms with Crippen LogP contribution in [0.25, 0.3) is 0 Å². The van der Waals surface area contributed by atoms with Gasteiger partial charge >= 0.3 is 0 Å². The minimum Gasteiger partial charge on any atom is -0.250 e. The molecule has 3 heteroatoms. The monoisotopic (exact) mass is 241 g/mol. The topological polar surface area (TPSA) is 3.24 Å². The summed E-state index contributed by atoms with van der Waals surface area (Å²) in [4.78, 5) is 1.19. The SMILES string of the molecule is CC(C)Cc1cccc(SN(C)CCF)c1. The molecule has 0 amide bonds. The molecule has 0 unspecified atom stereocenters. The first kappa shape index (κ1) is 13.5. The van der Waals surface area contributed by atoms with Gasteiger partial charge in [0.25, 0.3) is 0 Å². The summed E-state index contributed by atoms with van der Waals surface area (Å²) in [6, 6.07) is 8.49. The van der Waals surface area contributed by atoms with E-state index in [1.54, 1.807) is 11.9 Å². The number of nitrogens with zero attached hydrogens (tertiary/aromatic N) is 1. The first-order valence-electron chi connectivity index (χ1n) is 5.66. The van der Waals surface area contributed by atoms with Crippen LogP contribution in [-0.2, 0) is 6.42 Å². The Morgan fingerprint density at radius 3 is 2.75 bits per heavy atom. The zero-order valence-electron chi connectivity index (χ0n) is 10.2. The molecule has 0 fully saturated rings. The zero-order valence-corrected chi connectivity index (χ0v) is 11.1. The highest BCUT2D eigenvalue weighted by atomic mass is 32.2. The highest BCUT2D eigenvalue weighted by molar-refractivity contribution is 7.97. The van der Waals surface area contributed by atoms with Crippen molar-refractivity contribution >= 4 is 11.9 Å². The van der Waals surface area contributed by atoms with Crippen molar-refractivity contribution in [3.05, 3.63) is 29.8 Å². The summed E-state index contributed by atoms with van der Waals surface area (Å²) in [7, 11) is 1.92. The van der Waals surface area contributed by atoms with E-state index < -0.39 is 0 Å². The fourth-order valence-electron chi connectivity index (χ4n) is 1.55. The maximum absolute atomic E-state index is 12.1. The van der Waals surface area contributed by atoms with Gasteiger partial charge in [0.15, 0.2) is 0 Å². The lowest BCUT2D eigenvalue weighted by Crippen LogP contribution is -2.11. The number of hydrogen-bond donors (Lipinski definition) is 0. The lowest BCUT2D eigenvalue weighted by atomic mass is 10.0. The molecule has 0 radical (unpaired) electrons. The molecule has 0 atom stereocenters. The van der Waals surface area contributed by atoms with Gasteiger partial charge in [0.1, 0.15) is 6.67 Å². The molecule has 1 nitrogen and oxygen atoms in total. The Morgan fingerprint density at radius 2 is 2.12 bits per heavy atom. The van der Waals surface area contributed by atoms with Gasteiger partial charge in [0.05, 0.1) is 0 Å². The molecule has 90 valence electrons. The predicted molar refractivity (Wildman–Crippen MR) is 69.4 cm³/mol. The molecule has 0 aromatic heterocycles. The summed E-state index contributed by atoms with van der Waals surface area (Å²) in [5, 5.41) is 0. The van der Waals surface area contributed by atoms with Crippen LogP contribution in [0.3, 0.4) is 0 Å². The van der Waals surface area contributed by atoms with Crippen LogP contribution in [0, 0.1) is 5.92 Å². The predicted octanol–water partition coefficient (Wildman–Crippen LogP) is 3.79. The molecule has 0 N–H and O–H groups in total. The van der Waals surface area contributed by atoms with Crippen molar-refractivity contribution in [2.45, 2.75) is 25.2 Å². The van der Waals surface area contributed by atoms with E-state index in [0.717, 1.165) is 6.42 Å². The summed E-state index contributed by atoms with van der Waals surface area (Å²) in [5.74, 6) is 0.670. The van der Waals surface area contributed by atoms with Crippen LogP contribution in [0.15, 0.2) is 29.2 Å². The second-order valence-corrected chi connectivity index (χ2v) is 5.65. The molecular weight excluding hydrogens is 221 g/mol. The lowest BCUT2D eigenvalue weighted by molar-refractivity contribution is 0.421. The third-order valence-corrected chi connectivity index (χ3v) is 3.16. The van der Waals surface area contributed by atoms with Crippen LogP contribution in [0.5, 0.6) is 0 Å². The van der Waals surface area contributed by atoms with Crippen LogP contribution >= 0.6 is 11.9 Å². The van der Waals surface area contributed by atoms with Gasteiger partial charge in [-0.15, -0.1) is 0 Å². The molecule has 0 saturated heterocycles. The van der Waals surface area contributed by atoms with Gasteiger partial charge in [-0.2, -0.15) is 0 Å². The van der Waals surface area contributed by atoms with Gasteiger partial charge in [-0.1, -0.05) is 26.0 Å². The van der Waals surface area contributed by atoms with Crippen molar-refractivity contribution in [3.63, 3.8) is 0 Å². The maximum Gasteiger partial charge on any atom is 0.103 e. The Kier molecular flexibility index (Phi) is 5.85. The molecule has 0 saturated carbocycles. The number of alkyl halides is 1. The van der Waals surface area contributed by atoms with Gasteiger partial charge in [-0.3, -0.25) is 0 Å². The average molecular weight is 241 g/mol. The zero-order chi connectivity index (χ0) is 12.0. The normalized spacial score (nSPS) is 11.4. The quantitative estimate of drug-likeness (QED) is 0.697. The maximum atomic E-state index is 12.1. The Labute approximate surface area is 102 Å². The third kappa shape index (κ3) is 4.99. The van der Waals surface area contributed by atoms with Gasteiger partial charge in [-0.05, 0) is 49.0 Å². The van der Waals surface area contributed by atoms with E-state index in [1.807, 2.05) is 11.4 Å². The molecule has 1 rings (SSSR count). The Morgan fingerprint density at radius 1 is 1.38 bits per heavy atom. The molecule has 16 heavy (non-hydrogen) atoms. The van der Waals surface area contributed by atoms with Gasteiger partial charge in [0, 0.05) is 11.4 Å². The van der Waals surface area contributed by atoms with E-state index in [4.69, 9.17) is 0 Å². The van der Waals surface area contributed by atoms with E-state index in [1.165, 1.54) is 10.5 Å². The van der Waals surface area contributed by atoms with E-state index in [0.29, 0.717) is 12.5 Å². The van der Waals surface area contributed by atoms with Crippen molar-refractivity contribution in [2.75, 3.05) is 20.3 Å². The largest absolute Gasteiger partial charge is 0.250 e. The lowest BCUT2D eigenvalue weighted by Gasteiger charge is -2.14. The Balaban J connectivity index is 2.59. The fourth-order valence-corrected chi connectivity index (χ4v) is 2.41. The number of halogens is 1. The van der Waals surface area contributed by atoms with Crippen LogP contribution in [0.2, 0.25) is 0 Å². The molecular formula is C13H20FNS. The first-order chi connectivity index (χ1) is 7.61. The molecule has 0 heterocycles. The minimum absolute atomic E-state index is 0.296. The average Bonchev–Trinajstić information content (AvgIpc) is 2.17. The molecule has 0 bridgehead atoms. The summed E-state index contributed by atoms with van der Waals surface area (Å²) < 4.78 is 14.1. The molecule has 0 spiro atoms. The minimum atomic E-state index is -0.296. The fraction of sp³-hybridized carbons (Fsp3) is 0.538. The summed E-state index contributed by atoms with van der Waals surface area (Å²) in [6.45, 7) is 4.61. The van der Waals surface area contributed by atoms with Crippen molar-refractivity contribution in [3.8, 4) is 0 Å². The second-order valence-electron chi connectivity index (χ2n) is 4.38. The number of benzene rings is 1. The highest BCUT2D eigenvalue weighted by Crippen LogP contribution is 2.22. The van der Waals surface area contributed by atoms with Crippen LogP contribution < -0.4 is 0 Å². The molecule has 1 aromatic carbocycles. The second kappa shape index (κ2) is 6.92. The van der Waals surface area contributed by atoms with Gasteiger partial charge in [0.2, 0.25) is 0 Å². The van der Waals surface area contributed by atoms with Crippen molar-refractivity contribution in [1.82, 2.24) is 4.31 Å². The third-order valence-electron chi connectivity index (χ3n) is 2.20. The van der Waals surface area contributed by atoms with E-state index in [9.17, 15) is 4.39 Å². The van der Waals surface area contributed by atoms with E-state index in [-0.39, 0.29) is 6.67 Å². The summed E-state index contributed by atoms with van der Waals surface area (Å²) >= 11 is 1.60. The smallest absolute Gasteiger partial charge is 0.103 e. The summed E-state index contributed by atoms with van der Waals surface area (Å²) in [6.07, 6.45) is 1.10. The molecule has 0 aliphatic heterocycles. The standard InChI is InChI=1S/C13H20FNS/c1-11(2)9-12-5-4-6-13(10-12)16-15(3)8-7-14/h4-6,10-11H,7-9H2,1-3H3. The van der Waals surface area contributed by atoms with Crippen LogP contribution in [0.4, 0.5) is 4.39 Å². The first-order valence-corrected chi connectivity index (χ1v) is 6.43. The van der Waals surface area contributed by atoms with Crippen molar-refractivity contribution in [2.24, 2.45) is 5.92 Å². The molecule has 0 aliphatic carbocycles. The molecule has 0 aliphatic rings.